The predicted molar refractivity (Wildman–Crippen MR) is 106 cm³/mol. The third-order valence-corrected chi connectivity index (χ3v) is 5.94. The van der Waals surface area contributed by atoms with Crippen LogP contribution in [0, 0.1) is 19.7 Å². The lowest BCUT2D eigenvalue weighted by Crippen LogP contribution is -2.51. The van der Waals surface area contributed by atoms with Crippen molar-refractivity contribution in [2.75, 3.05) is 31.9 Å². The largest absolute Gasteiger partial charge is 0.338 e. The Morgan fingerprint density at radius 3 is 2.30 bits per heavy atom. The van der Waals surface area contributed by atoms with Crippen molar-refractivity contribution in [2.24, 2.45) is 0 Å². The van der Waals surface area contributed by atoms with Gasteiger partial charge in [0.05, 0.1) is 5.75 Å². The Balaban J connectivity index is 1.52. The summed E-state index contributed by atoms with van der Waals surface area (Å²) in [6.07, 6.45) is 0. The summed E-state index contributed by atoms with van der Waals surface area (Å²) >= 11 is 1.54. The number of benzene rings is 2. The van der Waals surface area contributed by atoms with Crippen molar-refractivity contribution in [1.29, 1.82) is 0 Å². The standard InChI is InChI=1S/C21H23FN2O2S/c1-15-7-8-17(13-18(15)22)21(26)24-11-9-23(10-12-24)20(25)14-27-19-6-4-3-5-16(19)2/h3-8,13H,9-12,14H2,1-2H3. The summed E-state index contributed by atoms with van der Waals surface area (Å²) in [4.78, 5) is 29.6. The molecule has 0 unspecified atom stereocenters. The first kappa shape index (κ1) is 19.4. The molecule has 1 heterocycles. The van der Waals surface area contributed by atoms with Crippen LogP contribution in [0.3, 0.4) is 0 Å². The van der Waals surface area contributed by atoms with Crippen LogP contribution in [-0.4, -0.2) is 53.5 Å². The number of thioether (sulfide) groups is 1. The molecule has 0 aromatic heterocycles. The van der Waals surface area contributed by atoms with Gasteiger partial charge >= 0.3 is 0 Å². The lowest BCUT2D eigenvalue weighted by Gasteiger charge is -2.34. The molecular formula is C21H23FN2O2S. The van der Waals surface area contributed by atoms with E-state index in [4.69, 9.17) is 0 Å². The molecule has 2 amide bonds. The molecule has 1 fully saturated rings. The highest BCUT2D eigenvalue weighted by Gasteiger charge is 2.25. The normalized spacial score (nSPS) is 14.3. The van der Waals surface area contributed by atoms with Gasteiger partial charge in [-0.25, -0.2) is 4.39 Å². The summed E-state index contributed by atoms with van der Waals surface area (Å²) in [7, 11) is 0. The third-order valence-electron chi connectivity index (χ3n) is 4.78. The molecule has 0 atom stereocenters. The van der Waals surface area contributed by atoms with E-state index in [-0.39, 0.29) is 17.6 Å². The SMILES string of the molecule is Cc1ccc(C(=O)N2CCN(C(=O)CSc3ccccc3C)CC2)cc1F. The average Bonchev–Trinajstić information content (AvgIpc) is 2.69. The second-order valence-electron chi connectivity index (χ2n) is 6.69. The van der Waals surface area contributed by atoms with Crippen molar-refractivity contribution in [3.05, 3.63) is 65.0 Å². The van der Waals surface area contributed by atoms with Crippen LogP contribution in [0.4, 0.5) is 4.39 Å². The minimum Gasteiger partial charge on any atom is -0.338 e. The zero-order valence-electron chi connectivity index (χ0n) is 15.6. The third kappa shape index (κ3) is 4.69. The molecule has 0 radical (unpaired) electrons. The maximum atomic E-state index is 13.7. The van der Waals surface area contributed by atoms with Crippen LogP contribution in [0.1, 0.15) is 21.5 Å². The Bertz CT molecular complexity index is 848. The van der Waals surface area contributed by atoms with Crippen LogP contribution >= 0.6 is 11.8 Å². The molecule has 0 bridgehead atoms. The Hall–Kier alpha value is -2.34. The van der Waals surface area contributed by atoms with Gasteiger partial charge in [0.25, 0.3) is 5.91 Å². The summed E-state index contributed by atoms with van der Waals surface area (Å²) in [5.74, 6) is -0.0861. The fourth-order valence-electron chi connectivity index (χ4n) is 3.02. The van der Waals surface area contributed by atoms with Crippen molar-refractivity contribution in [2.45, 2.75) is 18.7 Å². The number of piperazine rings is 1. The van der Waals surface area contributed by atoms with E-state index < -0.39 is 0 Å². The number of hydrogen-bond donors (Lipinski definition) is 0. The van der Waals surface area contributed by atoms with E-state index in [1.54, 1.807) is 40.6 Å². The Morgan fingerprint density at radius 1 is 0.963 bits per heavy atom. The molecule has 3 rings (SSSR count). The first-order valence-corrected chi connectivity index (χ1v) is 9.96. The van der Waals surface area contributed by atoms with Gasteiger partial charge in [-0.1, -0.05) is 24.3 Å². The fourth-order valence-corrected chi connectivity index (χ4v) is 3.95. The number of rotatable bonds is 4. The lowest BCUT2D eigenvalue weighted by atomic mass is 10.1. The molecule has 6 heteroatoms. The summed E-state index contributed by atoms with van der Waals surface area (Å²) in [5.41, 5.74) is 2.04. The van der Waals surface area contributed by atoms with Crippen molar-refractivity contribution >= 4 is 23.6 Å². The second-order valence-corrected chi connectivity index (χ2v) is 7.71. The molecule has 1 aliphatic rings. The number of hydrogen-bond acceptors (Lipinski definition) is 3. The summed E-state index contributed by atoms with van der Waals surface area (Å²) in [5, 5.41) is 0. The van der Waals surface area contributed by atoms with E-state index >= 15 is 0 Å². The molecule has 0 N–H and O–H groups in total. The Labute approximate surface area is 163 Å². The van der Waals surface area contributed by atoms with Gasteiger partial charge in [0.1, 0.15) is 5.82 Å². The molecule has 0 saturated carbocycles. The minimum absolute atomic E-state index is 0.0803. The van der Waals surface area contributed by atoms with Gasteiger partial charge in [0, 0.05) is 36.6 Å². The van der Waals surface area contributed by atoms with E-state index in [0.29, 0.717) is 43.1 Å². The van der Waals surface area contributed by atoms with Gasteiger partial charge < -0.3 is 9.80 Å². The first-order valence-electron chi connectivity index (χ1n) is 8.97. The molecular weight excluding hydrogens is 363 g/mol. The van der Waals surface area contributed by atoms with E-state index in [1.165, 1.54) is 6.07 Å². The predicted octanol–water partition coefficient (Wildman–Crippen LogP) is 3.52. The Kier molecular flexibility index (Phi) is 6.16. The number of nitrogens with zero attached hydrogens (tertiary/aromatic N) is 2. The van der Waals surface area contributed by atoms with Crippen LogP contribution in [-0.2, 0) is 4.79 Å². The van der Waals surface area contributed by atoms with Crippen LogP contribution in [0.2, 0.25) is 0 Å². The maximum absolute atomic E-state index is 13.7. The molecule has 27 heavy (non-hydrogen) atoms. The van der Waals surface area contributed by atoms with E-state index in [1.807, 2.05) is 31.2 Å². The first-order chi connectivity index (χ1) is 13.0. The summed E-state index contributed by atoms with van der Waals surface area (Å²) < 4.78 is 13.7. The molecule has 1 saturated heterocycles. The molecule has 0 aliphatic carbocycles. The van der Waals surface area contributed by atoms with Crippen molar-refractivity contribution < 1.29 is 14.0 Å². The topological polar surface area (TPSA) is 40.6 Å². The number of carbonyl (C=O) groups is 2. The number of halogens is 1. The minimum atomic E-state index is -0.372. The second kappa shape index (κ2) is 8.57. The number of carbonyl (C=O) groups excluding carboxylic acids is 2. The van der Waals surface area contributed by atoms with Crippen molar-refractivity contribution in [3.8, 4) is 0 Å². The van der Waals surface area contributed by atoms with Gasteiger partial charge in [0.15, 0.2) is 0 Å². The van der Waals surface area contributed by atoms with E-state index in [0.717, 1.165) is 10.5 Å². The molecule has 2 aromatic carbocycles. The van der Waals surface area contributed by atoms with Crippen LogP contribution in [0.5, 0.6) is 0 Å². The van der Waals surface area contributed by atoms with Crippen LogP contribution in [0.25, 0.3) is 0 Å². The van der Waals surface area contributed by atoms with Crippen molar-refractivity contribution in [3.63, 3.8) is 0 Å². The highest BCUT2D eigenvalue weighted by Crippen LogP contribution is 2.22. The molecule has 142 valence electrons. The number of amides is 2. The van der Waals surface area contributed by atoms with Crippen molar-refractivity contribution in [1.82, 2.24) is 9.80 Å². The lowest BCUT2D eigenvalue weighted by molar-refractivity contribution is -0.129. The zero-order valence-corrected chi connectivity index (χ0v) is 16.4. The Morgan fingerprint density at radius 2 is 1.63 bits per heavy atom. The van der Waals surface area contributed by atoms with Gasteiger partial charge in [-0.15, -0.1) is 11.8 Å². The van der Waals surface area contributed by atoms with Gasteiger partial charge in [-0.05, 0) is 43.2 Å². The van der Waals surface area contributed by atoms with Crippen LogP contribution in [0.15, 0.2) is 47.4 Å². The molecule has 2 aromatic rings. The van der Waals surface area contributed by atoms with E-state index in [2.05, 4.69) is 0 Å². The zero-order chi connectivity index (χ0) is 19.4. The maximum Gasteiger partial charge on any atom is 0.254 e. The van der Waals surface area contributed by atoms with Crippen LogP contribution < -0.4 is 0 Å². The molecule has 4 nitrogen and oxygen atoms in total. The monoisotopic (exact) mass is 386 g/mol. The van der Waals surface area contributed by atoms with Gasteiger partial charge in [0.2, 0.25) is 5.91 Å². The van der Waals surface area contributed by atoms with E-state index in [9.17, 15) is 14.0 Å². The fraction of sp³-hybridized carbons (Fsp3) is 0.333. The summed E-state index contributed by atoms with van der Waals surface area (Å²) in [6, 6.07) is 12.6. The highest BCUT2D eigenvalue weighted by atomic mass is 32.2. The molecule has 1 aliphatic heterocycles. The average molecular weight is 386 g/mol. The van der Waals surface area contributed by atoms with Gasteiger partial charge in [-0.3, -0.25) is 9.59 Å². The smallest absolute Gasteiger partial charge is 0.254 e. The molecule has 0 spiro atoms. The highest BCUT2D eigenvalue weighted by molar-refractivity contribution is 8.00. The van der Waals surface area contributed by atoms with Gasteiger partial charge in [-0.2, -0.15) is 0 Å². The summed E-state index contributed by atoms with van der Waals surface area (Å²) in [6.45, 7) is 5.65. The number of aryl methyl sites for hydroxylation is 2. The quantitative estimate of drug-likeness (QED) is 0.755.